The molecule has 2 aromatic heterocycles. The highest BCUT2D eigenvalue weighted by Gasteiger charge is 2.02. The van der Waals surface area contributed by atoms with Crippen LogP contribution in [-0.4, -0.2) is 9.55 Å². The number of aromatic nitrogens is 2. The van der Waals surface area contributed by atoms with Gasteiger partial charge in [0.05, 0.1) is 18.6 Å². The van der Waals surface area contributed by atoms with Gasteiger partial charge < -0.3 is 4.57 Å². The molecule has 0 saturated carbocycles. The summed E-state index contributed by atoms with van der Waals surface area (Å²) in [5.74, 6) is 0. The quantitative estimate of drug-likeness (QED) is 0.715. The Kier molecular flexibility index (Phi) is 2.19. The fourth-order valence-corrected chi connectivity index (χ4v) is 1.98. The Labute approximate surface area is 81.9 Å². The van der Waals surface area contributed by atoms with Crippen molar-refractivity contribution >= 4 is 11.3 Å². The molecule has 2 nitrogen and oxygen atoms in total. The highest BCUT2D eigenvalue weighted by Crippen LogP contribution is 2.13. The summed E-state index contributed by atoms with van der Waals surface area (Å²) in [7, 11) is 0. The van der Waals surface area contributed by atoms with Crippen molar-refractivity contribution in [2.24, 2.45) is 0 Å². The highest BCUT2D eigenvalue weighted by molar-refractivity contribution is 7.09. The van der Waals surface area contributed by atoms with Crippen molar-refractivity contribution in [2.75, 3.05) is 0 Å². The molecule has 0 saturated heterocycles. The van der Waals surface area contributed by atoms with Gasteiger partial charge in [-0.2, -0.15) is 0 Å². The minimum absolute atomic E-state index is 0.949. The summed E-state index contributed by atoms with van der Waals surface area (Å²) in [5.41, 5.74) is 2.38. The van der Waals surface area contributed by atoms with Gasteiger partial charge in [-0.25, -0.2) is 4.98 Å². The van der Waals surface area contributed by atoms with E-state index in [1.54, 1.807) is 11.3 Å². The second kappa shape index (κ2) is 3.34. The normalized spacial score (nSPS) is 10.6. The topological polar surface area (TPSA) is 17.8 Å². The van der Waals surface area contributed by atoms with E-state index in [1.807, 2.05) is 13.3 Å². The van der Waals surface area contributed by atoms with E-state index in [-0.39, 0.29) is 0 Å². The molecular formula is C10H12N2S. The Balaban J connectivity index is 2.24. The summed E-state index contributed by atoms with van der Waals surface area (Å²) < 4.78 is 2.18. The fraction of sp³-hybridized carbons (Fsp3) is 0.300. The predicted molar refractivity (Wildman–Crippen MR) is 55.1 cm³/mol. The molecule has 0 aromatic carbocycles. The van der Waals surface area contributed by atoms with Crippen molar-refractivity contribution in [2.45, 2.75) is 20.4 Å². The molecule has 13 heavy (non-hydrogen) atoms. The maximum atomic E-state index is 4.26. The minimum Gasteiger partial charge on any atom is -0.329 e. The van der Waals surface area contributed by atoms with Crippen LogP contribution < -0.4 is 0 Å². The largest absolute Gasteiger partial charge is 0.329 e. The molecule has 0 spiro atoms. The first-order chi connectivity index (χ1) is 6.27. The van der Waals surface area contributed by atoms with Gasteiger partial charge in [0.1, 0.15) is 0 Å². The zero-order valence-electron chi connectivity index (χ0n) is 7.82. The Hall–Kier alpha value is -1.09. The lowest BCUT2D eigenvalue weighted by atomic mass is 10.3. The summed E-state index contributed by atoms with van der Waals surface area (Å²) in [4.78, 5) is 5.64. The van der Waals surface area contributed by atoms with Gasteiger partial charge >= 0.3 is 0 Å². The SMILES string of the molecule is Cc1ncn(Cc2cccs2)c1C. The molecule has 68 valence electrons. The number of hydrogen-bond acceptors (Lipinski definition) is 2. The van der Waals surface area contributed by atoms with Crippen molar-refractivity contribution in [1.82, 2.24) is 9.55 Å². The molecule has 0 aliphatic heterocycles. The molecular weight excluding hydrogens is 180 g/mol. The maximum absolute atomic E-state index is 4.26. The van der Waals surface area contributed by atoms with E-state index in [4.69, 9.17) is 0 Å². The number of rotatable bonds is 2. The first-order valence-electron chi connectivity index (χ1n) is 4.28. The summed E-state index contributed by atoms with van der Waals surface area (Å²) in [6.45, 7) is 5.10. The first kappa shape index (κ1) is 8.51. The average Bonchev–Trinajstić information content (AvgIpc) is 2.71. The molecule has 0 unspecified atom stereocenters. The zero-order valence-corrected chi connectivity index (χ0v) is 8.64. The molecule has 3 heteroatoms. The second-order valence-corrected chi connectivity index (χ2v) is 4.15. The van der Waals surface area contributed by atoms with Crippen LogP contribution in [-0.2, 0) is 6.54 Å². The van der Waals surface area contributed by atoms with Gasteiger partial charge in [0.25, 0.3) is 0 Å². The van der Waals surface area contributed by atoms with Crippen molar-refractivity contribution < 1.29 is 0 Å². The number of thiophene rings is 1. The lowest BCUT2D eigenvalue weighted by molar-refractivity contribution is 0.779. The second-order valence-electron chi connectivity index (χ2n) is 3.12. The third kappa shape index (κ3) is 1.65. The van der Waals surface area contributed by atoms with Gasteiger partial charge in [-0.3, -0.25) is 0 Å². The first-order valence-corrected chi connectivity index (χ1v) is 5.16. The average molecular weight is 192 g/mol. The lowest BCUT2D eigenvalue weighted by Gasteiger charge is -2.02. The predicted octanol–water partition coefficient (Wildman–Crippen LogP) is 2.61. The van der Waals surface area contributed by atoms with Crippen molar-refractivity contribution in [3.63, 3.8) is 0 Å². The highest BCUT2D eigenvalue weighted by atomic mass is 32.1. The third-order valence-corrected chi connectivity index (χ3v) is 3.11. The van der Waals surface area contributed by atoms with Crippen LogP contribution in [0.4, 0.5) is 0 Å². The van der Waals surface area contributed by atoms with Gasteiger partial charge in [0.2, 0.25) is 0 Å². The van der Waals surface area contributed by atoms with E-state index < -0.39 is 0 Å². The molecule has 0 amide bonds. The molecule has 0 radical (unpaired) electrons. The van der Waals surface area contributed by atoms with Gasteiger partial charge in [0, 0.05) is 10.6 Å². The van der Waals surface area contributed by atoms with Gasteiger partial charge in [-0.05, 0) is 25.3 Å². The van der Waals surface area contributed by atoms with Crippen LogP contribution >= 0.6 is 11.3 Å². The van der Waals surface area contributed by atoms with E-state index in [0.717, 1.165) is 12.2 Å². The van der Waals surface area contributed by atoms with Crippen LogP contribution in [0.5, 0.6) is 0 Å². The van der Waals surface area contributed by atoms with E-state index in [0.29, 0.717) is 0 Å². The Morgan fingerprint density at radius 1 is 1.46 bits per heavy atom. The molecule has 0 aliphatic rings. The third-order valence-electron chi connectivity index (χ3n) is 2.25. The van der Waals surface area contributed by atoms with Gasteiger partial charge in [-0.1, -0.05) is 6.07 Å². The van der Waals surface area contributed by atoms with Crippen LogP contribution in [0, 0.1) is 13.8 Å². The standard InChI is InChI=1S/C10H12N2S/c1-8-9(2)12(7-11-8)6-10-4-3-5-13-10/h3-5,7H,6H2,1-2H3. The van der Waals surface area contributed by atoms with E-state index in [9.17, 15) is 0 Å². The van der Waals surface area contributed by atoms with E-state index >= 15 is 0 Å². The molecule has 0 bridgehead atoms. The number of nitrogens with zero attached hydrogens (tertiary/aromatic N) is 2. The van der Waals surface area contributed by atoms with Gasteiger partial charge in [0.15, 0.2) is 0 Å². The molecule has 0 atom stereocenters. The monoisotopic (exact) mass is 192 g/mol. The van der Waals surface area contributed by atoms with Gasteiger partial charge in [-0.15, -0.1) is 11.3 Å². The Morgan fingerprint density at radius 2 is 2.31 bits per heavy atom. The van der Waals surface area contributed by atoms with Crippen molar-refractivity contribution in [3.05, 3.63) is 40.1 Å². The molecule has 2 aromatic rings. The number of aryl methyl sites for hydroxylation is 1. The van der Waals surface area contributed by atoms with Crippen LogP contribution in [0.2, 0.25) is 0 Å². The molecule has 0 aliphatic carbocycles. The van der Waals surface area contributed by atoms with Crippen LogP contribution in [0.1, 0.15) is 16.3 Å². The van der Waals surface area contributed by atoms with Crippen molar-refractivity contribution in [1.29, 1.82) is 0 Å². The fourth-order valence-electron chi connectivity index (χ4n) is 1.27. The van der Waals surface area contributed by atoms with E-state index in [1.165, 1.54) is 10.6 Å². The summed E-state index contributed by atoms with van der Waals surface area (Å²) in [6, 6.07) is 4.23. The molecule has 0 fully saturated rings. The van der Waals surface area contributed by atoms with Crippen LogP contribution in [0.3, 0.4) is 0 Å². The number of hydrogen-bond donors (Lipinski definition) is 0. The number of imidazole rings is 1. The summed E-state index contributed by atoms with van der Waals surface area (Å²) in [6.07, 6.45) is 1.91. The smallest absolute Gasteiger partial charge is 0.0954 e. The molecule has 2 heterocycles. The Morgan fingerprint density at radius 3 is 2.85 bits per heavy atom. The zero-order chi connectivity index (χ0) is 9.26. The van der Waals surface area contributed by atoms with E-state index in [2.05, 4.69) is 34.0 Å². The van der Waals surface area contributed by atoms with Crippen LogP contribution in [0.25, 0.3) is 0 Å². The summed E-state index contributed by atoms with van der Waals surface area (Å²) >= 11 is 1.79. The molecule has 0 N–H and O–H groups in total. The lowest BCUT2D eigenvalue weighted by Crippen LogP contribution is -1.98. The molecule has 2 rings (SSSR count). The van der Waals surface area contributed by atoms with Crippen molar-refractivity contribution in [3.8, 4) is 0 Å². The minimum atomic E-state index is 0.949. The van der Waals surface area contributed by atoms with Crippen LogP contribution in [0.15, 0.2) is 23.8 Å². The maximum Gasteiger partial charge on any atom is 0.0954 e. The Bertz CT molecular complexity index is 387. The summed E-state index contributed by atoms with van der Waals surface area (Å²) in [5, 5.41) is 2.11.